The van der Waals surface area contributed by atoms with E-state index >= 15 is 0 Å². The molecule has 2 aliphatic heterocycles. The van der Waals surface area contributed by atoms with Gasteiger partial charge in [0.25, 0.3) is 0 Å². The number of hydrogen-bond acceptors (Lipinski definition) is 4. The Hall–Kier alpha value is -1.14. The molecule has 0 bridgehead atoms. The van der Waals surface area contributed by atoms with Crippen molar-refractivity contribution in [3.05, 3.63) is 0 Å². The Balaban J connectivity index is 1.82. The van der Waals surface area contributed by atoms with E-state index in [4.69, 9.17) is 4.74 Å². The van der Waals surface area contributed by atoms with Crippen LogP contribution in [-0.2, 0) is 14.3 Å². The molecule has 0 aliphatic carbocycles. The van der Waals surface area contributed by atoms with Crippen LogP contribution in [0.15, 0.2) is 0 Å². The molecule has 2 aliphatic rings. The van der Waals surface area contributed by atoms with E-state index in [1.807, 2.05) is 18.7 Å². The summed E-state index contributed by atoms with van der Waals surface area (Å²) >= 11 is 0. The van der Waals surface area contributed by atoms with Crippen molar-refractivity contribution in [3.63, 3.8) is 0 Å². The first-order valence-electron chi connectivity index (χ1n) is 7.94. The van der Waals surface area contributed by atoms with Crippen molar-refractivity contribution in [2.75, 3.05) is 45.9 Å². The van der Waals surface area contributed by atoms with E-state index in [1.165, 1.54) is 0 Å². The van der Waals surface area contributed by atoms with E-state index in [0.29, 0.717) is 39.4 Å². The van der Waals surface area contributed by atoms with Gasteiger partial charge in [-0.05, 0) is 33.2 Å². The van der Waals surface area contributed by atoms with Crippen LogP contribution in [0.4, 0.5) is 0 Å². The maximum atomic E-state index is 12.5. The Labute approximate surface area is 126 Å². The lowest BCUT2D eigenvalue weighted by molar-refractivity contribution is -0.142. The van der Waals surface area contributed by atoms with Gasteiger partial charge in [0.15, 0.2) is 0 Å². The third-order valence-electron chi connectivity index (χ3n) is 3.99. The molecule has 2 fully saturated rings. The van der Waals surface area contributed by atoms with Crippen molar-refractivity contribution in [3.8, 4) is 0 Å². The first-order valence-corrected chi connectivity index (χ1v) is 7.94. The molecule has 0 spiro atoms. The largest absolute Gasteiger partial charge is 0.378 e. The average Bonchev–Trinajstić information content (AvgIpc) is 2.46. The van der Waals surface area contributed by atoms with E-state index in [-0.39, 0.29) is 23.8 Å². The number of amides is 2. The van der Waals surface area contributed by atoms with Crippen molar-refractivity contribution in [1.82, 2.24) is 15.1 Å². The zero-order chi connectivity index (χ0) is 15.2. The number of ether oxygens (including phenoxy) is 1. The zero-order valence-corrected chi connectivity index (χ0v) is 13.1. The minimum Gasteiger partial charge on any atom is -0.378 e. The Morgan fingerprint density at radius 1 is 1.24 bits per heavy atom. The van der Waals surface area contributed by atoms with Gasteiger partial charge < -0.3 is 15.0 Å². The molecule has 0 saturated carbocycles. The number of nitrogens with one attached hydrogen (secondary N) is 1. The highest BCUT2D eigenvalue weighted by Gasteiger charge is 2.30. The highest BCUT2D eigenvalue weighted by molar-refractivity contribution is 5.80. The number of nitrogens with zero attached hydrogens (tertiary/aromatic N) is 2. The molecule has 0 aromatic heterocycles. The minimum absolute atomic E-state index is 0.0312. The molecule has 6 nitrogen and oxygen atoms in total. The number of piperidine rings is 1. The lowest BCUT2D eigenvalue weighted by atomic mass is 9.96. The highest BCUT2D eigenvalue weighted by Crippen LogP contribution is 2.19. The quantitative estimate of drug-likeness (QED) is 0.798. The van der Waals surface area contributed by atoms with E-state index in [0.717, 1.165) is 19.4 Å². The lowest BCUT2D eigenvalue weighted by Crippen LogP contribution is -2.50. The molecule has 2 heterocycles. The summed E-state index contributed by atoms with van der Waals surface area (Å²) in [6.45, 7) is 8.58. The lowest BCUT2D eigenvalue weighted by Gasteiger charge is -2.36. The van der Waals surface area contributed by atoms with Crippen LogP contribution in [0.1, 0.15) is 26.7 Å². The molecule has 2 rings (SSSR count). The average molecular weight is 297 g/mol. The van der Waals surface area contributed by atoms with Crippen molar-refractivity contribution in [2.45, 2.75) is 32.7 Å². The number of morpholine rings is 1. The van der Waals surface area contributed by atoms with Gasteiger partial charge in [-0.1, -0.05) is 0 Å². The zero-order valence-electron chi connectivity index (χ0n) is 13.1. The maximum absolute atomic E-state index is 12.5. The summed E-state index contributed by atoms with van der Waals surface area (Å²) in [5.41, 5.74) is 0. The van der Waals surface area contributed by atoms with Gasteiger partial charge in [-0.2, -0.15) is 0 Å². The number of likely N-dealkylation sites (tertiary alicyclic amines) is 1. The molecular formula is C15H27N3O3. The molecule has 6 heteroatoms. The number of carbonyl (C=O) groups excluding carboxylic acids is 2. The third-order valence-corrected chi connectivity index (χ3v) is 3.99. The summed E-state index contributed by atoms with van der Waals surface area (Å²) in [5, 5.41) is 2.90. The summed E-state index contributed by atoms with van der Waals surface area (Å²) in [6, 6.07) is 0.160. The molecule has 0 aromatic carbocycles. The van der Waals surface area contributed by atoms with Crippen LogP contribution >= 0.6 is 0 Å². The molecule has 2 amide bonds. The van der Waals surface area contributed by atoms with Gasteiger partial charge in [-0.3, -0.25) is 14.5 Å². The summed E-state index contributed by atoms with van der Waals surface area (Å²) in [7, 11) is 0. The van der Waals surface area contributed by atoms with Crippen LogP contribution in [0, 0.1) is 5.92 Å². The molecule has 1 unspecified atom stereocenters. The van der Waals surface area contributed by atoms with Gasteiger partial charge >= 0.3 is 0 Å². The van der Waals surface area contributed by atoms with Crippen LogP contribution in [0.2, 0.25) is 0 Å². The Bertz CT molecular complexity index is 367. The van der Waals surface area contributed by atoms with Crippen molar-refractivity contribution >= 4 is 11.8 Å². The Kier molecular flexibility index (Phi) is 5.99. The monoisotopic (exact) mass is 297 g/mol. The fourth-order valence-electron chi connectivity index (χ4n) is 3.01. The standard InChI is InChI=1S/C15H27N3O3/c1-12(2)16-14(19)11-17-5-3-4-13(10-17)15(20)18-6-8-21-9-7-18/h12-13H,3-11H2,1-2H3,(H,16,19). The molecular weight excluding hydrogens is 270 g/mol. The van der Waals surface area contributed by atoms with Crippen LogP contribution in [0.5, 0.6) is 0 Å². The molecule has 2 saturated heterocycles. The smallest absolute Gasteiger partial charge is 0.234 e. The topological polar surface area (TPSA) is 61.9 Å². The van der Waals surface area contributed by atoms with Crippen LogP contribution in [0.25, 0.3) is 0 Å². The summed E-state index contributed by atoms with van der Waals surface area (Å²) < 4.78 is 5.29. The molecule has 0 aromatic rings. The predicted molar refractivity (Wildman–Crippen MR) is 79.8 cm³/mol. The molecule has 0 radical (unpaired) electrons. The van der Waals surface area contributed by atoms with Crippen LogP contribution in [0.3, 0.4) is 0 Å². The van der Waals surface area contributed by atoms with Gasteiger partial charge in [0.05, 0.1) is 25.7 Å². The number of carbonyl (C=O) groups is 2. The first kappa shape index (κ1) is 16.2. The van der Waals surface area contributed by atoms with E-state index < -0.39 is 0 Å². The second kappa shape index (κ2) is 7.75. The first-order chi connectivity index (χ1) is 10.1. The van der Waals surface area contributed by atoms with Crippen molar-refractivity contribution in [1.29, 1.82) is 0 Å². The second-order valence-corrected chi connectivity index (χ2v) is 6.23. The number of rotatable bonds is 4. The van der Waals surface area contributed by atoms with Gasteiger partial charge in [-0.15, -0.1) is 0 Å². The van der Waals surface area contributed by atoms with Gasteiger partial charge in [-0.25, -0.2) is 0 Å². The van der Waals surface area contributed by atoms with Crippen LogP contribution < -0.4 is 5.32 Å². The normalized spacial score (nSPS) is 24.1. The van der Waals surface area contributed by atoms with E-state index in [9.17, 15) is 9.59 Å². The van der Waals surface area contributed by atoms with Gasteiger partial charge in [0, 0.05) is 25.7 Å². The van der Waals surface area contributed by atoms with Crippen molar-refractivity contribution in [2.24, 2.45) is 5.92 Å². The van der Waals surface area contributed by atoms with Gasteiger partial charge in [0.1, 0.15) is 0 Å². The van der Waals surface area contributed by atoms with E-state index in [1.54, 1.807) is 0 Å². The molecule has 1 N–H and O–H groups in total. The fourth-order valence-corrected chi connectivity index (χ4v) is 3.01. The predicted octanol–water partition coefficient (Wildman–Crippen LogP) is 0.0818. The maximum Gasteiger partial charge on any atom is 0.234 e. The minimum atomic E-state index is 0.0312. The molecule has 1 atom stereocenters. The molecule has 21 heavy (non-hydrogen) atoms. The summed E-state index contributed by atoms with van der Waals surface area (Å²) in [4.78, 5) is 28.4. The van der Waals surface area contributed by atoms with Crippen LogP contribution in [-0.4, -0.2) is 73.6 Å². The third kappa shape index (κ3) is 4.97. The van der Waals surface area contributed by atoms with E-state index in [2.05, 4.69) is 10.2 Å². The summed E-state index contributed by atoms with van der Waals surface area (Å²) in [6.07, 6.45) is 1.91. The summed E-state index contributed by atoms with van der Waals surface area (Å²) in [5.74, 6) is 0.306. The fraction of sp³-hybridized carbons (Fsp3) is 0.867. The second-order valence-electron chi connectivity index (χ2n) is 6.23. The van der Waals surface area contributed by atoms with Crippen molar-refractivity contribution < 1.29 is 14.3 Å². The Morgan fingerprint density at radius 3 is 2.62 bits per heavy atom. The van der Waals surface area contributed by atoms with Gasteiger partial charge in [0.2, 0.25) is 11.8 Å². The SMILES string of the molecule is CC(C)NC(=O)CN1CCCC(C(=O)N2CCOCC2)C1. The number of hydrogen-bond donors (Lipinski definition) is 1. The Morgan fingerprint density at radius 2 is 1.95 bits per heavy atom. The highest BCUT2D eigenvalue weighted by atomic mass is 16.5. The molecule has 120 valence electrons.